The lowest BCUT2D eigenvalue weighted by Gasteiger charge is -2.23. The molecule has 0 fully saturated rings. The molecule has 0 spiro atoms. The molecule has 0 aliphatic heterocycles. The smallest absolute Gasteiger partial charge is 0.339 e. The van der Waals surface area contributed by atoms with Crippen molar-refractivity contribution in [3.8, 4) is 5.75 Å². The number of nitrogens with one attached hydrogen (secondary N) is 1. The molecule has 0 atom stereocenters. The Hall–Kier alpha value is -3.40. The van der Waals surface area contributed by atoms with E-state index < -0.39 is 10.1 Å². The molecule has 10 heteroatoms. The third kappa shape index (κ3) is 7.29. The van der Waals surface area contributed by atoms with Gasteiger partial charge in [0.05, 0.1) is 17.2 Å². The number of hydrogen-bond acceptors (Lipinski definition) is 6. The molecule has 3 rings (SSSR count). The number of nitrogens with zero attached hydrogens (tertiary/aromatic N) is 1. The van der Waals surface area contributed by atoms with E-state index in [4.69, 9.17) is 20.5 Å². The van der Waals surface area contributed by atoms with Gasteiger partial charge in [-0.05, 0) is 54.1 Å². The minimum Gasteiger partial charge on any atom is -0.383 e. The Bertz CT molecular complexity index is 1280. The van der Waals surface area contributed by atoms with Crippen LogP contribution < -0.4 is 9.50 Å². The molecule has 2 amide bonds. The largest absolute Gasteiger partial charge is 0.383 e. The molecule has 0 saturated carbocycles. The van der Waals surface area contributed by atoms with E-state index in [2.05, 4.69) is 5.32 Å². The zero-order valence-corrected chi connectivity index (χ0v) is 20.8. The number of anilines is 1. The number of halogens is 1. The molecular formula is C25H25ClN2O6S. The zero-order chi connectivity index (χ0) is 25.4. The summed E-state index contributed by atoms with van der Waals surface area (Å²) in [5.41, 5.74) is 1.64. The van der Waals surface area contributed by atoms with Gasteiger partial charge in [0, 0.05) is 32.8 Å². The first-order valence-corrected chi connectivity index (χ1v) is 12.4. The van der Waals surface area contributed by atoms with Crippen LogP contribution >= 0.6 is 11.6 Å². The topological polar surface area (TPSA) is 102 Å². The number of carbonyl (C=O) groups is 2. The predicted molar refractivity (Wildman–Crippen MR) is 133 cm³/mol. The second-order valence-electron chi connectivity index (χ2n) is 7.59. The molecule has 0 bridgehead atoms. The molecule has 184 valence electrons. The van der Waals surface area contributed by atoms with Crippen molar-refractivity contribution >= 4 is 39.2 Å². The molecule has 1 N–H and O–H groups in total. The summed E-state index contributed by atoms with van der Waals surface area (Å²) in [5, 5.41) is 2.93. The molecule has 3 aromatic carbocycles. The SMILES string of the molecule is COCCN(Cc1ccc(OS(=O)(=O)c2ccc(NC(C)=O)cc2)cc1)C(=O)c1ccccc1Cl. The Morgan fingerprint density at radius 2 is 1.63 bits per heavy atom. The third-order valence-corrected chi connectivity index (χ3v) is 6.51. The van der Waals surface area contributed by atoms with Crippen molar-refractivity contribution in [3.63, 3.8) is 0 Å². The Kier molecular flexibility index (Phi) is 8.86. The van der Waals surface area contributed by atoms with Gasteiger partial charge >= 0.3 is 10.1 Å². The summed E-state index contributed by atoms with van der Waals surface area (Å²) in [4.78, 5) is 25.7. The standard InChI is InChI=1S/C25H25ClN2O6S/c1-18(29)27-20-9-13-22(14-10-20)35(31,32)34-21-11-7-19(8-12-21)17-28(15-16-33-2)25(30)23-5-3-4-6-24(23)26/h3-14H,15-17H2,1-2H3,(H,27,29). The van der Waals surface area contributed by atoms with Crippen LogP contribution in [0.15, 0.2) is 77.7 Å². The Morgan fingerprint density at radius 3 is 2.23 bits per heavy atom. The average Bonchev–Trinajstić information content (AvgIpc) is 2.82. The molecule has 35 heavy (non-hydrogen) atoms. The quantitative estimate of drug-likeness (QED) is 0.402. The maximum absolute atomic E-state index is 13.0. The summed E-state index contributed by atoms with van der Waals surface area (Å²) in [6.07, 6.45) is 0. The monoisotopic (exact) mass is 516 g/mol. The summed E-state index contributed by atoms with van der Waals surface area (Å²) < 4.78 is 35.6. The van der Waals surface area contributed by atoms with Gasteiger partial charge in [-0.2, -0.15) is 8.42 Å². The van der Waals surface area contributed by atoms with Crippen LogP contribution in [-0.2, 0) is 26.2 Å². The van der Waals surface area contributed by atoms with E-state index in [1.54, 1.807) is 48.4 Å². The molecule has 0 unspecified atom stereocenters. The van der Waals surface area contributed by atoms with Crippen LogP contribution in [0, 0.1) is 0 Å². The van der Waals surface area contributed by atoms with E-state index in [1.807, 2.05) is 0 Å². The van der Waals surface area contributed by atoms with Gasteiger partial charge in [-0.25, -0.2) is 0 Å². The van der Waals surface area contributed by atoms with E-state index >= 15 is 0 Å². The first-order chi connectivity index (χ1) is 16.7. The molecule has 0 heterocycles. The summed E-state index contributed by atoms with van der Waals surface area (Å²) in [6.45, 7) is 2.32. The number of carbonyl (C=O) groups excluding carboxylic acids is 2. The van der Waals surface area contributed by atoms with Crippen molar-refractivity contribution in [2.75, 3.05) is 25.6 Å². The van der Waals surface area contributed by atoms with Gasteiger partial charge < -0.3 is 19.1 Å². The van der Waals surface area contributed by atoms with Crippen molar-refractivity contribution in [3.05, 3.63) is 88.9 Å². The number of rotatable bonds is 10. The van der Waals surface area contributed by atoms with Crippen molar-refractivity contribution in [1.82, 2.24) is 4.90 Å². The lowest BCUT2D eigenvalue weighted by atomic mass is 10.1. The van der Waals surface area contributed by atoms with Gasteiger partial charge in [0.1, 0.15) is 10.6 Å². The van der Waals surface area contributed by atoms with Gasteiger partial charge in [0.15, 0.2) is 0 Å². The fraction of sp³-hybridized carbons (Fsp3) is 0.200. The highest BCUT2D eigenvalue weighted by Crippen LogP contribution is 2.22. The highest BCUT2D eigenvalue weighted by atomic mass is 35.5. The van der Waals surface area contributed by atoms with Crippen LogP contribution in [0.4, 0.5) is 5.69 Å². The van der Waals surface area contributed by atoms with E-state index in [-0.39, 0.29) is 29.0 Å². The van der Waals surface area contributed by atoms with Gasteiger partial charge in [-0.15, -0.1) is 0 Å². The highest BCUT2D eigenvalue weighted by Gasteiger charge is 2.20. The van der Waals surface area contributed by atoms with Gasteiger partial charge in [-0.1, -0.05) is 35.9 Å². The molecule has 0 radical (unpaired) electrons. The van der Waals surface area contributed by atoms with Crippen LogP contribution in [0.2, 0.25) is 5.02 Å². The molecule has 0 aromatic heterocycles. The van der Waals surface area contributed by atoms with Crippen LogP contribution in [0.1, 0.15) is 22.8 Å². The maximum atomic E-state index is 13.0. The number of ether oxygens (including phenoxy) is 1. The van der Waals surface area contributed by atoms with Crippen molar-refractivity contribution < 1.29 is 26.9 Å². The molecular weight excluding hydrogens is 492 g/mol. The number of methoxy groups -OCH3 is 1. The lowest BCUT2D eigenvalue weighted by Crippen LogP contribution is -2.33. The average molecular weight is 517 g/mol. The Morgan fingerprint density at radius 1 is 0.971 bits per heavy atom. The van der Waals surface area contributed by atoms with Crippen LogP contribution in [0.5, 0.6) is 5.75 Å². The van der Waals surface area contributed by atoms with Gasteiger partial charge in [0.2, 0.25) is 5.91 Å². The normalized spacial score (nSPS) is 11.1. The van der Waals surface area contributed by atoms with Crippen molar-refractivity contribution in [1.29, 1.82) is 0 Å². The summed E-state index contributed by atoms with van der Waals surface area (Å²) in [6, 6.07) is 18.9. The lowest BCUT2D eigenvalue weighted by molar-refractivity contribution is -0.114. The van der Waals surface area contributed by atoms with Gasteiger partial charge in [0.25, 0.3) is 5.91 Å². The Labute approximate surface area is 209 Å². The first-order valence-electron chi connectivity index (χ1n) is 10.6. The maximum Gasteiger partial charge on any atom is 0.339 e. The molecule has 0 saturated heterocycles. The van der Waals surface area contributed by atoms with Crippen LogP contribution in [-0.4, -0.2) is 45.4 Å². The summed E-state index contributed by atoms with van der Waals surface area (Å²) >= 11 is 6.19. The fourth-order valence-corrected chi connectivity index (χ4v) is 4.36. The molecule has 8 nitrogen and oxygen atoms in total. The molecule has 3 aromatic rings. The fourth-order valence-electron chi connectivity index (χ4n) is 3.21. The van der Waals surface area contributed by atoms with Crippen molar-refractivity contribution in [2.45, 2.75) is 18.4 Å². The number of benzene rings is 3. The second-order valence-corrected chi connectivity index (χ2v) is 9.54. The molecule has 0 aliphatic rings. The number of amides is 2. The van der Waals surface area contributed by atoms with Crippen LogP contribution in [0.3, 0.4) is 0 Å². The second kappa shape index (κ2) is 11.8. The minimum atomic E-state index is -4.07. The minimum absolute atomic E-state index is 0.0493. The highest BCUT2D eigenvalue weighted by molar-refractivity contribution is 7.87. The zero-order valence-electron chi connectivity index (χ0n) is 19.2. The van der Waals surface area contributed by atoms with E-state index in [9.17, 15) is 18.0 Å². The summed E-state index contributed by atoms with van der Waals surface area (Å²) in [7, 11) is -2.52. The molecule has 0 aliphatic carbocycles. The number of hydrogen-bond donors (Lipinski definition) is 1. The van der Waals surface area contributed by atoms with E-state index in [0.717, 1.165) is 5.56 Å². The van der Waals surface area contributed by atoms with Gasteiger partial charge in [-0.3, -0.25) is 9.59 Å². The van der Waals surface area contributed by atoms with E-state index in [1.165, 1.54) is 43.3 Å². The Balaban J connectivity index is 1.71. The van der Waals surface area contributed by atoms with Crippen molar-refractivity contribution in [2.24, 2.45) is 0 Å². The van der Waals surface area contributed by atoms with Crippen LogP contribution in [0.25, 0.3) is 0 Å². The predicted octanol–water partition coefficient (Wildman–Crippen LogP) is 4.35. The first kappa shape index (κ1) is 26.2. The summed E-state index contributed by atoms with van der Waals surface area (Å²) in [5.74, 6) is -0.370. The van der Waals surface area contributed by atoms with E-state index in [0.29, 0.717) is 29.4 Å². The third-order valence-electron chi connectivity index (χ3n) is 4.92.